The van der Waals surface area contributed by atoms with E-state index < -0.39 is 0 Å². The van der Waals surface area contributed by atoms with Crippen LogP contribution in [0.4, 0.5) is 14.5 Å². The molecule has 158 valence electrons. The van der Waals surface area contributed by atoms with Gasteiger partial charge in [-0.05, 0) is 60.9 Å². The van der Waals surface area contributed by atoms with Crippen LogP contribution in [0, 0.1) is 11.6 Å². The van der Waals surface area contributed by atoms with Crippen molar-refractivity contribution in [1.29, 1.82) is 0 Å². The van der Waals surface area contributed by atoms with Gasteiger partial charge < -0.3 is 4.90 Å². The lowest BCUT2D eigenvalue weighted by molar-refractivity contribution is 0.312. The maximum Gasteiger partial charge on any atom is 0.149 e. The van der Waals surface area contributed by atoms with Crippen LogP contribution in [0.3, 0.4) is 0 Å². The Bertz CT molecular complexity index is 1320. The number of nitrogens with one attached hydrogen (secondary N) is 1. The van der Waals surface area contributed by atoms with Crippen LogP contribution < -0.4 is 15.7 Å². The average molecular weight is 419 g/mol. The van der Waals surface area contributed by atoms with Crippen LogP contribution in [0.1, 0.15) is 23.6 Å². The molecule has 0 saturated heterocycles. The van der Waals surface area contributed by atoms with Gasteiger partial charge in [0.2, 0.25) is 0 Å². The van der Waals surface area contributed by atoms with Crippen molar-refractivity contribution in [2.75, 3.05) is 18.6 Å². The molecule has 0 spiro atoms. The largest absolute Gasteiger partial charge is 0.302 e. The first-order chi connectivity index (χ1) is 15.0. The van der Waals surface area contributed by atoms with E-state index in [-0.39, 0.29) is 11.6 Å². The fourth-order valence-corrected chi connectivity index (χ4v) is 4.31. The molecule has 0 saturated carbocycles. The second-order valence-electron chi connectivity index (χ2n) is 8.07. The summed E-state index contributed by atoms with van der Waals surface area (Å²) in [6, 6.07) is 8.42. The summed E-state index contributed by atoms with van der Waals surface area (Å²) >= 11 is 0. The number of rotatable bonds is 3. The lowest BCUT2D eigenvalue weighted by atomic mass is 9.96. The highest BCUT2D eigenvalue weighted by atomic mass is 19.1. The number of hydrogen-bond acceptors (Lipinski definition) is 4. The number of H-pyrrole nitrogens is 1. The van der Waals surface area contributed by atoms with E-state index >= 15 is 4.39 Å². The van der Waals surface area contributed by atoms with E-state index in [9.17, 15) is 4.39 Å². The van der Waals surface area contributed by atoms with Gasteiger partial charge in [0.15, 0.2) is 0 Å². The molecule has 2 aromatic carbocycles. The molecular weight excluding hydrogens is 396 g/mol. The van der Waals surface area contributed by atoms with Gasteiger partial charge in [-0.25, -0.2) is 13.8 Å². The van der Waals surface area contributed by atoms with E-state index in [1.165, 1.54) is 11.1 Å². The summed E-state index contributed by atoms with van der Waals surface area (Å²) < 4.78 is 29.8. The number of anilines is 1. The number of halogens is 2. The summed E-state index contributed by atoms with van der Waals surface area (Å²) in [6.07, 6.45) is 3.22. The van der Waals surface area contributed by atoms with Gasteiger partial charge in [0, 0.05) is 18.7 Å². The highest BCUT2D eigenvalue weighted by Gasteiger charge is 2.23. The molecule has 0 unspecified atom stereocenters. The smallest absolute Gasteiger partial charge is 0.149 e. The van der Waals surface area contributed by atoms with Crippen molar-refractivity contribution in [3.8, 4) is 11.3 Å². The standard InChI is InChI=1S/C24H23F2N5/c1-4-15-6-5-7-19(25)24(15)31-14(2)10-21-23(29-31)22(28-27-21)18-11-17-13-30(3)9-8-16(17)12-20(18)26/h5-7,10-12,27H,2,4,8-9,13H2,1,3H3. The van der Waals surface area contributed by atoms with Crippen LogP contribution in [0.25, 0.3) is 17.3 Å². The predicted molar refractivity (Wildman–Crippen MR) is 117 cm³/mol. The molecule has 0 radical (unpaired) electrons. The number of benzene rings is 2. The lowest BCUT2D eigenvalue weighted by Gasteiger charge is -2.25. The first kappa shape index (κ1) is 19.6. The number of nitrogens with zero attached hydrogens (tertiary/aromatic N) is 4. The van der Waals surface area contributed by atoms with Crippen LogP contribution in [0.5, 0.6) is 0 Å². The molecule has 0 amide bonds. The van der Waals surface area contributed by atoms with Gasteiger partial charge in [-0.3, -0.25) is 5.10 Å². The number of allylic oxidation sites excluding steroid dienone is 1. The van der Waals surface area contributed by atoms with Crippen molar-refractivity contribution in [1.82, 2.24) is 15.1 Å². The molecule has 2 aliphatic heterocycles. The Balaban J connectivity index is 1.68. The van der Waals surface area contributed by atoms with Gasteiger partial charge in [0.05, 0.1) is 11.0 Å². The monoisotopic (exact) mass is 419 g/mol. The first-order valence-corrected chi connectivity index (χ1v) is 10.4. The fourth-order valence-electron chi connectivity index (χ4n) is 4.31. The highest BCUT2D eigenvalue weighted by Crippen LogP contribution is 2.30. The molecule has 2 aliphatic rings. The zero-order valence-electron chi connectivity index (χ0n) is 17.5. The molecule has 0 bridgehead atoms. The number of aromatic nitrogens is 2. The SMILES string of the molecule is C=C1C=c2[nH]nc(-c3cc4c(cc3F)CCN(C)C4)c2=NN1c1c(F)cccc1CC. The maximum absolute atomic E-state index is 15.1. The number of para-hydroxylation sites is 1. The zero-order valence-corrected chi connectivity index (χ0v) is 17.5. The summed E-state index contributed by atoms with van der Waals surface area (Å²) in [5, 5.41) is 14.5. The van der Waals surface area contributed by atoms with Gasteiger partial charge in [-0.1, -0.05) is 25.6 Å². The Kier molecular flexibility index (Phi) is 4.70. The van der Waals surface area contributed by atoms with E-state index in [2.05, 4.69) is 33.8 Å². The van der Waals surface area contributed by atoms with Gasteiger partial charge in [-0.2, -0.15) is 10.2 Å². The molecule has 3 aromatic rings. The third kappa shape index (κ3) is 3.25. The molecule has 1 aromatic heterocycles. The van der Waals surface area contributed by atoms with Gasteiger partial charge >= 0.3 is 0 Å². The van der Waals surface area contributed by atoms with Gasteiger partial charge in [0.25, 0.3) is 0 Å². The van der Waals surface area contributed by atoms with Gasteiger partial charge in [0.1, 0.15) is 28.4 Å². The molecule has 0 atom stereocenters. The lowest BCUT2D eigenvalue weighted by Crippen LogP contribution is -2.35. The van der Waals surface area contributed by atoms with Crippen LogP contribution in [0.2, 0.25) is 0 Å². The highest BCUT2D eigenvalue weighted by molar-refractivity contribution is 5.68. The van der Waals surface area contributed by atoms with E-state index in [1.807, 2.05) is 19.1 Å². The Morgan fingerprint density at radius 2 is 2.00 bits per heavy atom. The number of fused-ring (bicyclic) bond motifs is 2. The molecule has 0 fully saturated rings. The maximum atomic E-state index is 15.1. The van der Waals surface area contributed by atoms with E-state index in [0.29, 0.717) is 39.8 Å². The van der Waals surface area contributed by atoms with E-state index in [0.717, 1.165) is 36.2 Å². The van der Waals surface area contributed by atoms with E-state index in [4.69, 9.17) is 0 Å². The Hall–Kier alpha value is -3.32. The van der Waals surface area contributed by atoms with Crippen molar-refractivity contribution in [2.45, 2.75) is 26.3 Å². The zero-order chi connectivity index (χ0) is 21.7. The second kappa shape index (κ2) is 7.42. The molecule has 31 heavy (non-hydrogen) atoms. The first-order valence-electron chi connectivity index (χ1n) is 10.4. The molecule has 5 rings (SSSR count). The van der Waals surface area contributed by atoms with Crippen molar-refractivity contribution in [3.63, 3.8) is 0 Å². The molecule has 7 heteroatoms. The Morgan fingerprint density at radius 3 is 2.81 bits per heavy atom. The molecule has 3 heterocycles. The van der Waals surface area contributed by atoms with Crippen molar-refractivity contribution in [3.05, 3.63) is 81.6 Å². The van der Waals surface area contributed by atoms with Gasteiger partial charge in [-0.15, -0.1) is 0 Å². The third-order valence-electron chi connectivity index (χ3n) is 5.96. The normalized spacial score (nSPS) is 15.9. The topological polar surface area (TPSA) is 47.5 Å². The summed E-state index contributed by atoms with van der Waals surface area (Å²) in [5.41, 5.74) is 4.60. The Labute approximate surface area is 179 Å². The summed E-state index contributed by atoms with van der Waals surface area (Å²) in [7, 11) is 2.05. The van der Waals surface area contributed by atoms with Crippen molar-refractivity contribution in [2.24, 2.45) is 5.10 Å². The molecule has 0 aliphatic carbocycles. The summed E-state index contributed by atoms with van der Waals surface area (Å²) in [5.74, 6) is -0.710. The van der Waals surface area contributed by atoms with Crippen LogP contribution in [0.15, 0.2) is 47.7 Å². The fraction of sp³-hybridized carbons (Fsp3) is 0.250. The van der Waals surface area contributed by atoms with Crippen LogP contribution in [-0.4, -0.2) is 28.7 Å². The van der Waals surface area contributed by atoms with E-state index in [1.54, 1.807) is 18.2 Å². The summed E-state index contributed by atoms with van der Waals surface area (Å²) in [4.78, 5) is 2.21. The molecular formula is C24H23F2N5. The molecule has 5 nitrogen and oxygen atoms in total. The minimum absolute atomic E-state index is 0.330. The minimum Gasteiger partial charge on any atom is -0.302 e. The average Bonchev–Trinajstić information content (AvgIpc) is 3.15. The van der Waals surface area contributed by atoms with Crippen molar-refractivity contribution < 1.29 is 8.78 Å². The quantitative estimate of drug-likeness (QED) is 0.709. The number of aromatic amines is 1. The molecule has 1 N–H and O–H groups in total. The third-order valence-corrected chi connectivity index (χ3v) is 5.96. The second-order valence-corrected chi connectivity index (χ2v) is 8.07. The van der Waals surface area contributed by atoms with Crippen molar-refractivity contribution >= 4 is 11.8 Å². The number of likely N-dealkylation sites (N-methyl/N-ethyl adjacent to an activating group) is 1. The Morgan fingerprint density at radius 1 is 1.16 bits per heavy atom. The van der Waals surface area contributed by atoms with Crippen LogP contribution in [-0.2, 0) is 19.4 Å². The predicted octanol–water partition coefficient (Wildman–Crippen LogP) is 3.25. The van der Waals surface area contributed by atoms with Crippen LogP contribution >= 0.6 is 0 Å². The minimum atomic E-state index is -0.380. The number of hydrogen-bond donors (Lipinski definition) is 1. The summed E-state index contributed by atoms with van der Waals surface area (Å²) in [6.45, 7) is 7.67. The number of aryl methyl sites for hydroxylation is 1.